The van der Waals surface area contributed by atoms with Crippen molar-refractivity contribution in [3.05, 3.63) is 0 Å². The molecule has 1 atom stereocenters. The summed E-state index contributed by atoms with van der Waals surface area (Å²) in [6.45, 7) is 17.9. The second-order valence-electron chi connectivity index (χ2n) is 8.29. The Hall–Kier alpha value is -0.0800. The topological polar surface area (TPSA) is 21.3 Å². The summed E-state index contributed by atoms with van der Waals surface area (Å²) in [5.74, 6) is 0.625. The van der Waals surface area contributed by atoms with Gasteiger partial charge in [0.1, 0.15) is 0 Å². The summed E-state index contributed by atoms with van der Waals surface area (Å²) in [5, 5.41) is 3.88. The van der Waals surface area contributed by atoms with Gasteiger partial charge in [-0.1, -0.05) is 41.5 Å². The molecule has 0 spiro atoms. The van der Waals surface area contributed by atoms with Crippen LogP contribution in [-0.2, 0) is 4.74 Å². The van der Waals surface area contributed by atoms with Crippen molar-refractivity contribution >= 4 is 0 Å². The second kappa shape index (κ2) is 6.58. The van der Waals surface area contributed by atoms with Crippen LogP contribution < -0.4 is 5.32 Å². The zero-order valence-corrected chi connectivity index (χ0v) is 14.2. The number of rotatable bonds is 6. The van der Waals surface area contributed by atoms with E-state index in [0.29, 0.717) is 28.8 Å². The summed E-state index contributed by atoms with van der Waals surface area (Å²) in [6.07, 6.45) is 3.90. The SMILES string of the molecule is CCOCC(NC1CC(C)(C)CC(C)(C)C1)C(C)C. The van der Waals surface area contributed by atoms with Crippen molar-refractivity contribution in [1.29, 1.82) is 0 Å². The van der Waals surface area contributed by atoms with Crippen molar-refractivity contribution in [3.8, 4) is 0 Å². The lowest BCUT2D eigenvalue weighted by Gasteiger charge is -2.46. The summed E-state index contributed by atoms with van der Waals surface area (Å²) >= 11 is 0. The molecule has 0 aromatic rings. The lowest BCUT2D eigenvalue weighted by atomic mass is 9.63. The Morgan fingerprint density at radius 1 is 1.11 bits per heavy atom. The molecule has 1 saturated carbocycles. The molecule has 2 heteroatoms. The van der Waals surface area contributed by atoms with Gasteiger partial charge in [-0.3, -0.25) is 0 Å². The maximum absolute atomic E-state index is 5.64. The molecule has 1 aliphatic carbocycles. The van der Waals surface area contributed by atoms with E-state index in [1.165, 1.54) is 19.3 Å². The zero-order valence-electron chi connectivity index (χ0n) is 14.2. The molecule has 0 bridgehead atoms. The summed E-state index contributed by atoms with van der Waals surface area (Å²) in [4.78, 5) is 0. The maximum atomic E-state index is 5.64. The predicted octanol–water partition coefficient (Wildman–Crippen LogP) is 4.24. The van der Waals surface area contributed by atoms with Crippen molar-refractivity contribution < 1.29 is 4.74 Å². The third-order valence-corrected chi connectivity index (χ3v) is 4.31. The number of hydrogen-bond acceptors (Lipinski definition) is 2. The van der Waals surface area contributed by atoms with Gasteiger partial charge in [-0.25, -0.2) is 0 Å². The Morgan fingerprint density at radius 3 is 2.05 bits per heavy atom. The van der Waals surface area contributed by atoms with Crippen molar-refractivity contribution in [2.75, 3.05) is 13.2 Å². The smallest absolute Gasteiger partial charge is 0.0622 e. The lowest BCUT2D eigenvalue weighted by Crippen LogP contribution is -2.50. The summed E-state index contributed by atoms with van der Waals surface area (Å²) in [6, 6.07) is 1.11. The molecule has 1 aliphatic rings. The van der Waals surface area contributed by atoms with Crippen LogP contribution in [0.4, 0.5) is 0 Å². The average Bonchev–Trinajstić information content (AvgIpc) is 2.19. The van der Waals surface area contributed by atoms with Gasteiger partial charge in [0, 0.05) is 18.7 Å². The van der Waals surface area contributed by atoms with Crippen LogP contribution in [0.15, 0.2) is 0 Å². The van der Waals surface area contributed by atoms with E-state index in [1.807, 2.05) is 0 Å². The maximum Gasteiger partial charge on any atom is 0.0622 e. The first-order valence-corrected chi connectivity index (χ1v) is 7.99. The van der Waals surface area contributed by atoms with Gasteiger partial charge in [0.25, 0.3) is 0 Å². The summed E-state index contributed by atoms with van der Waals surface area (Å²) in [7, 11) is 0. The molecule has 0 radical (unpaired) electrons. The van der Waals surface area contributed by atoms with Crippen LogP contribution in [0.1, 0.15) is 67.7 Å². The van der Waals surface area contributed by atoms with E-state index in [2.05, 4.69) is 53.8 Å². The number of hydrogen-bond donors (Lipinski definition) is 1. The molecule has 1 unspecified atom stereocenters. The van der Waals surface area contributed by atoms with E-state index in [4.69, 9.17) is 4.74 Å². The standard InChI is InChI=1S/C17H35NO/c1-8-19-11-15(13(2)3)18-14-9-16(4,5)12-17(6,7)10-14/h13-15,18H,8-12H2,1-7H3. The first-order chi connectivity index (χ1) is 8.65. The lowest BCUT2D eigenvalue weighted by molar-refractivity contribution is 0.0568. The molecule has 0 aromatic carbocycles. The van der Waals surface area contributed by atoms with Gasteiger partial charge in [0.15, 0.2) is 0 Å². The van der Waals surface area contributed by atoms with Crippen molar-refractivity contribution in [2.45, 2.75) is 79.8 Å². The van der Waals surface area contributed by atoms with Crippen LogP contribution in [0.25, 0.3) is 0 Å². The van der Waals surface area contributed by atoms with Gasteiger partial charge in [-0.2, -0.15) is 0 Å². The molecule has 1 N–H and O–H groups in total. The van der Waals surface area contributed by atoms with Crippen molar-refractivity contribution in [1.82, 2.24) is 5.32 Å². The third kappa shape index (κ3) is 5.83. The summed E-state index contributed by atoms with van der Waals surface area (Å²) in [5.41, 5.74) is 0.902. The third-order valence-electron chi connectivity index (χ3n) is 4.31. The zero-order chi connectivity index (χ0) is 14.7. The van der Waals surface area contributed by atoms with E-state index in [1.54, 1.807) is 0 Å². The van der Waals surface area contributed by atoms with Crippen LogP contribution in [0, 0.1) is 16.7 Å². The highest BCUT2D eigenvalue weighted by Crippen LogP contribution is 2.45. The Balaban J connectivity index is 2.62. The van der Waals surface area contributed by atoms with Gasteiger partial charge < -0.3 is 10.1 Å². The molecular formula is C17H35NO. The molecule has 0 amide bonds. The van der Waals surface area contributed by atoms with Crippen LogP contribution in [0.3, 0.4) is 0 Å². The van der Waals surface area contributed by atoms with E-state index < -0.39 is 0 Å². The molecular weight excluding hydrogens is 234 g/mol. The Bertz CT molecular complexity index is 254. The monoisotopic (exact) mass is 269 g/mol. The molecule has 0 saturated heterocycles. The predicted molar refractivity (Wildman–Crippen MR) is 83.5 cm³/mol. The molecule has 1 rings (SSSR count). The highest BCUT2D eigenvalue weighted by molar-refractivity contribution is 4.93. The van der Waals surface area contributed by atoms with Gasteiger partial charge >= 0.3 is 0 Å². The van der Waals surface area contributed by atoms with Crippen LogP contribution in [-0.4, -0.2) is 25.3 Å². The first-order valence-electron chi connectivity index (χ1n) is 7.99. The fourth-order valence-electron chi connectivity index (χ4n) is 3.94. The summed E-state index contributed by atoms with van der Waals surface area (Å²) < 4.78 is 5.64. The van der Waals surface area contributed by atoms with Crippen LogP contribution >= 0.6 is 0 Å². The second-order valence-corrected chi connectivity index (χ2v) is 8.29. The minimum atomic E-state index is 0.451. The highest BCUT2D eigenvalue weighted by atomic mass is 16.5. The van der Waals surface area contributed by atoms with Gasteiger partial charge in [-0.05, 0) is 42.9 Å². The molecule has 0 aliphatic heterocycles. The van der Waals surface area contributed by atoms with E-state index in [9.17, 15) is 0 Å². The van der Waals surface area contributed by atoms with Crippen molar-refractivity contribution in [2.24, 2.45) is 16.7 Å². The van der Waals surface area contributed by atoms with Crippen molar-refractivity contribution in [3.63, 3.8) is 0 Å². The number of nitrogens with one attached hydrogen (secondary N) is 1. The number of ether oxygens (including phenoxy) is 1. The van der Waals surface area contributed by atoms with Gasteiger partial charge in [0.2, 0.25) is 0 Å². The Morgan fingerprint density at radius 2 is 1.63 bits per heavy atom. The molecule has 114 valence electrons. The largest absolute Gasteiger partial charge is 0.380 e. The molecule has 19 heavy (non-hydrogen) atoms. The molecule has 0 aromatic heterocycles. The first kappa shape index (κ1) is 17.0. The van der Waals surface area contributed by atoms with Gasteiger partial charge in [-0.15, -0.1) is 0 Å². The average molecular weight is 269 g/mol. The normalized spacial score (nSPS) is 24.6. The molecule has 1 fully saturated rings. The van der Waals surface area contributed by atoms with E-state index >= 15 is 0 Å². The highest BCUT2D eigenvalue weighted by Gasteiger charge is 2.39. The van der Waals surface area contributed by atoms with E-state index in [0.717, 1.165) is 13.2 Å². The fraction of sp³-hybridized carbons (Fsp3) is 1.00. The minimum Gasteiger partial charge on any atom is -0.380 e. The molecule has 2 nitrogen and oxygen atoms in total. The van der Waals surface area contributed by atoms with Crippen LogP contribution in [0.5, 0.6) is 0 Å². The minimum absolute atomic E-state index is 0.451. The van der Waals surface area contributed by atoms with E-state index in [-0.39, 0.29) is 0 Å². The molecule has 0 heterocycles. The van der Waals surface area contributed by atoms with Gasteiger partial charge in [0.05, 0.1) is 6.61 Å². The van der Waals surface area contributed by atoms with Crippen LogP contribution in [0.2, 0.25) is 0 Å². The Kier molecular flexibility index (Phi) is 5.88. The quantitative estimate of drug-likeness (QED) is 0.778. The Labute approximate surface area is 120 Å². The fourth-order valence-corrected chi connectivity index (χ4v) is 3.94.